The Labute approximate surface area is 174 Å². The van der Waals surface area contributed by atoms with Crippen molar-refractivity contribution in [1.82, 2.24) is 9.78 Å². The smallest absolute Gasteiger partial charge is 0.263 e. The average molecular weight is 440 g/mol. The quantitative estimate of drug-likeness (QED) is 0.605. The summed E-state index contributed by atoms with van der Waals surface area (Å²) in [6, 6.07) is 11.9. The van der Waals surface area contributed by atoms with Gasteiger partial charge in [0.15, 0.2) is 0 Å². The number of sulfonamides is 1. The van der Waals surface area contributed by atoms with Gasteiger partial charge in [0.05, 0.1) is 35.8 Å². The maximum Gasteiger partial charge on any atom is 0.263 e. The molecule has 0 radical (unpaired) electrons. The van der Waals surface area contributed by atoms with Gasteiger partial charge in [-0.25, -0.2) is 8.42 Å². The van der Waals surface area contributed by atoms with Gasteiger partial charge in [-0.3, -0.25) is 9.40 Å². The van der Waals surface area contributed by atoms with Crippen LogP contribution in [0.4, 0.5) is 5.69 Å². The van der Waals surface area contributed by atoms with E-state index in [4.69, 9.17) is 27.9 Å². The molecule has 148 valence electrons. The van der Waals surface area contributed by atoms with Crippen molar-refractivity contribution in [1.29, 1.82) is 0 Å². The summed E-state index contributed by atoms with van der Waals surface area (Å²) in [4.78, 5) is -0.0824. The van der Waals surface area contributed by atoms with Gasteiger partial charge >= 0.3 is 0 Å². The second kappa shape index (κ2) is 8.03. The van der Waals surface area contributed by atoms with Crippen LogP contribution in [0.1, 0.15) is 17.0 Å². The van der Waals surface area contributed by atoms with Crippen molar-refractivity contribution >= 4 is 38.9 Å². The molecule has 6 nitrogen and oxygen atoms in total. The van der Waals surface area contributed by atoms with E-state index in [0.29, 0.717) is 23.6 Å². The van der Waals surface area contributed by atoms with Crippen LogP contribution in [0.5, 0.6) is 5.75 Å². The first-order valence-corrected chi connectivity index (χ1v) is 10.6. The molecule has 0 aliphatic carbocycles. The fourth-order valence-corrected chi connectivity index (χ4v) is 4.75. The van der Waals surface area contributed by atoms with Crippen molar-refractivity contribution in [3.05, 3.63) is 69.5 Å². The summed E-state index contributed by atoms with van der Waals surface area (Å²) in [5, 5.41) is 4.85. The van der Waals surface area contributed by atoms with Crippen molar-refractivity contribution in [3.63, 3.8) is 0 Å². The van der Waals surface area contributed by atoms with E-state index < -0.39 is 10.0 Å². The lowest BCUT2D eigenvalue weighted by molar-refractivity contribution is 0.414. The molecule has 0 aliphatic heterocycles. The summed E-state index contributed by atoms with van der Waals surface area (Å²) in [5.74, 6) is 0.746. The van der Waals surface area contributed by atoms with E-state index in [1.807, 2.05) is 24.3 Å². The minimum absolute atomic E-state index is 0.0824. The highest BCUT2D eigenvalue weighted by molar-refractivity contribution is 7.92. The first-order valence-electron chi connectivity index (χ1n) is 8.36. The minimum Gasteiger partial charge on any atom is -0.497 e. The number of hydrogen-bond donors (Lipinski definition) is 1. The van der Waals surface area contributed by atoms with E-state index in [2.05, 4.69) is 9.82 Å². The van der Waals surface area contributed by atoms with Crippen LogP contribution in [0.2, 0.25) is 10.0 Å². The summed E-state index contributed by atoms with van der Waals surface area (Å²) >= 11 is 12.0. The second-order valence-electron chi connectivity index (χ2n) is 6.24. The molecule has 0 aliphatic rings. The second-order valence-corrected chi connectivity index (χ2v) is 8.73. The minimum atomic E-state index is -3.92. The fourth-order valence-electron chi connectivity index (χ4n) is 2.81. The van der Waals surface area contributed by atoms with Gasteiger partial charge < -0.3 is 4.74 Å². The topological polar surface area (TPSA) is 73.2 Å². The Hall–Kier alpha value is -2.22. The number of hydrogen-bond acceptors (Lipinski definition) is 4. The van der Waals surface area contributed by atoms with Crippen LogP contribution in [-0.2, 0) is 16.6 Å². The number of ether oxygens (including phenoxy) is 1. The van der Waals surface area contributed by atoms with Gasteiger partial charge in [0.25, 0.3) is 10.0 Å². The molecular weight excluding hydrogens is 421 g/mol. The molecule has 0 saturated heterocycles. The van der Waals surface area contributed by atoms with Gasteiger partial charge in [0.1, 0.15) is 10.6 Å². The summed E-state index contributed by atoms with van der Waals surface area (Å²) in [5.41, 5.74) is 2.64. The molecule has 0 amide bonds. The zero-order valence-corrected chi connectivity index (χ0v) is 17.9. The number of aromatic nitrogens is 2. The first-order chi connectivity index (χ1) is 13.2. The van der Waals surface area contributed by atoms with E-state index >= 15 is 0 Å². The van der Waals surface area contributed by atoms with Crippen LogP contribution in [0, 0.1) is 13.8 Å². The SMILES string of the molecule is COc1cccc(Cn2nc(C)c(NS(=O)(=O)c3cc(Cl)ccc3Cl)c2C)c1. The van der Waals surface area contributed by atoms with Gasteiger partial charge in [-0.15, -0.1) is 0 Å². The Bertz CT molecular complexity index is 1130. The summed E-state index contributed by atoms with van der Waals surface area (Å²) in [6.45, 7) is 4.02. The largest absolute Gasteiger partial charge is 0.497 e. The highest BCUT2D eigenvalue weighted by atomic mass is 35.5. The van der Waals surface area contributed by atoms with Crippen LogP contribution in [0.15, 0.2) is 47.4 Å². The number of aryl methyl sites for hydroxylation is 1. The van der Waals surface area contributed by atoms with Gasteiger partial charge in [-0.2, -0.15) is 5.10 Å². The lowest BCUT2D eigenvalue weighted by atomic mass is 10.2. The van der Waals surface area contributed by atoms with Crippen LogP contribution < -0.4 is 9.46 Å². The Morgan fingerprint density at radius 3 is 2.61 bits per heavy atom. The number of rotatable bonds is 6. The third-order valence-corrected chi connectivity index (χ3v) is 6.33. The maximum atomic E-state index is 12.8. The zero-order chi connectivity index (χ0) is 20.5. The number of nitrogens with zero attached hydrogens (tertiary/aromatic N) is 2. The third-order valence-electron chi connectivity index (χ3n) is 4.27. The van der Waals surface area contributed by atoms with Gasteiger partial charge in [-0.1, -0.05) is 35.3 Å². The lowest BCUT2D eigenvalue weighted by Crippen LogP contribution is -2.15. The third kappa shape index (κ3) is 4.27. The summed E-state index contributed by atoms with van der Waals surface area (Å²) in [6.07, 6.45) is 0. The number of methoxy groups -OCH3 is 1. The fraction of sp³-hybridized carbons (Fsp3) is 0.211. The van der Waals surface area contributed by atoms with Crippen LogP contribution in [0.3, 0.4) is 0 Å². The molecule has 3 aromatic rings. The molecule has 1 N–H and O–H groups in total. The molecule has 0 fully saturated rings. The van der Waals surface area contributed by atoms with Crippen LogP contribution in [-0.4, -0.2) is 25.3 Å². The molecule has 3 rings (SSSR count). The predicted molar refractivity (Wildman–Crippen MR) is 111 cm³/mol. The van der Waals surface area contributed by atoms with Crippen molar-refractivity contribution in [3.8, 4) is 5.75 Å². The van der Waals surface area contributed by atoms with E-state index in [0.717, 1.165) is 11.3 Å². The number of anilines is 1. The molecule has 0 atom stereocenters. The summed E-state index contributed by atoms with van der Waals surface area (Å²) < 4.78 is 35.2. The molecule has 2 aromatic carbocycles. The zero-order valence-electron chi connectivity index (χ0n) is 15.5. The molecule has 1 heterocycles. The molecule has 0 bridgehead atoms. The van der Waals surface area contributed by atoms with E-state index in [-0.39, 0.29) is 14.9 Å². The number of halogens is 2. The molecule has 9 heteroatoms. The molecule has 0 spiro atoms. The molecular formula is C19H19Cl2N3O3S. The Morgan fingerprint density at radius 1 is 1.14 bits per heavy atom. The lowest BCUT2D eigenvalue weighted by Gasteiger charge is -2.11. The Balaban J connectivity index is 1.92. The van der Waals surface area contributed by atoms with Crippen molar-refractivity contribution in [2.45, 2.75) is 25.3 Å². The van der Waals surface area contributed by atoms with E-state index in [1.54, 1.807) is 25.6 Å². The predicted octanol–water partition coefficient (Wildman–Crippen LogP) is 4.66. The van der Waals surface area contributed by atoms with Gasteiger partial charge in [0.2, 0.25) is 0 Å². The molecule has 0 unspecified atom stereocenters. The standard InChI is InChI=1S/C19H19Cl2N3O3S/c1-12-19(23-28(25,26)18-10-15(20)7-8-17(18)21)13(2)24(22-12)11-14-5-4-6-16(9-14)27-3/h4-10,23H,11H2,1-3H3. The molecule has 0 saturated carbocycles. The average Bonchev–Trinajstić information content (AvgIpc) is 2.91. The molecule has 28 heavy (non-hydrogen) atoms. The van der Waals surface area contributed by atoms with Crippen molar-refractivity contribution < 1.29 is 13.2 Å². The monoisotopic (exact) mass is 439 g/mol. The van der Waals surface area contributed by atoms with Gasteiger partial charge in [-0.05, 0) is 49.7 Å². The van der Waals surface area contributed by atoms with Crippen molar-refractivity contribution in [2.24, 2.45) is 0 Å². The highest BCUT2D eigenvalue weighted by Crippen LogP contribution is 2.29. The van der Waals surface area contributed by atoms with Crippen LogP contribution >= 0.6 is 23.2 Å². The Morgan fingerprint density at radius 2 is 1.89 bits per heavy atom. The van der Waals surface area contributed by atoms with Crippen molar-refractivity contribution in [2.75, 3.05) is 11.8 Å². The van der Waals surface area contributed by atoms with Crippen LogP contribution in [0.25, 0.3) is 0 Å². The first kappa shape index (κ1) is 20.5. The number of nitrogens with one attached hydrogen (secondary N) is 1. The highest BCUT2D eigenvalue weighted by Gasteiger charge is 2.22. The maximum absolute atomic E-state index is 12.8. The number of benzene rings is 2. The normalized spacial score (nSPS) is 11.5. The molecule has 1 aromatic heterocycles. The van der Waals surface area contributed by atoms with Gasteiger partial charge in [0, 0.05) is 5.02 Å². The Kier molecular flexibility index (Phi) is 5.88. The van der Waals surface area contributed by atoms with E-state index in [1.165, 1.54) is 18.2 Å². The van der Waals surface area contributed by atoms with E-state index in [9.17, 15) is 8.42 Å². The summed E-state index contributed by atoms with van der Waals surface area (Å²) in [7, 11) is -2.31.